The third-order valence-electron chi connectivity index (χ3n) is 3.28. The van der Waals surface area contributed by atoms with Crippen molar-refractivity contribution in [2.75, 3.05) is 6.61 Å². The maximum Gasteiger partial charge on any atom is 0.347 e. The van der Waals surface area contributed by atoms with Gasteiger partial charge in [-0.15, -0.1) is 0 Å². The van der Waals surface area contributed by atoms with Crippen molar-refractivity contribution in [3.63, 3.8) is 0 Å². The van der Waals surface area contributed by atoms with Gasteiger partial charge in [-0.25, -0.2) is 14.0 Å². The first-order chi connectivity index (χ1) is 11.1. The molecule has 23 heavy (non-hydrogen) atoms. The van der Waals surface area contributed by atoms with Gasteiger partial charge >= 0.3 is 11.9 Å². The van der Waals surface area contributed by atoms with Gasteiger partial charge in [-0.05, 0) is 48.5 Å². The van der Waals surface area contributed by atoms with Crippen molar-refractivity contribution in [1.82, 2.24) is 0 Å². The molecule has 0 bridgehead atoms. The van der Waals surface area contributed by atoms with E-state index in [0.717, 1.165) is 0 Å². The van der Waals surface area contributed by atoms with Gasteiger partial charge in [0, 0.05) is 6.42 Å². The molecule has 0 aromatic heterocycles. The van der Waals surface area contributed by atoms with Crippen molar-refractivity contribution in [3.8, 4) is 11.5 Å². The molecule has 0 saturated carbocycles. The van der Waals surface area contributed by atoms with Crippen molar-refractivity contribution in [3.05, 3.63) is 59.9 Å². The molecule has 1 aliphatic rings. The molecule has 118 valence electrons. The van der Waals surface area contributed by atoms with Gasteiger partial charge in [0.05, 0.1) is 12.2 Å². The number of cyclic esters (lactones) is 1. The number of hydrogen-bond acceptors (Lipinski definition) is 5. The van der Waals surface area contributed by atoms with Crippen LogP contribution in [0.3, 0.4) is 0 Å². The highest BCUT2D eigenvalue weighted by molar-refractivity contribution is 5.91. The molecule has 1 saturated heterocycles. The molecule has 2 aromatic carbocycles. The number of halogens is 1. The van der Waals surface area contributed by atoms with Gasteiger partial charge in [0.1, 0.15) is 17.3 Å². The lowest BCUT2D eigenvalue weighted by Crippen LogP contribution is -2.22. The third kappa shape index (κ3) is 3.66. The molecule has 6 heteroatoms. The van der Waals surface area contributed by atoms with E-state index in [-0.39, 0.29) is 12.4 Å². The van der Waals surface area contributed by atoms with E-state index in [4.69, 9.17) is 14.2 Å². The minimum Gasteiger partial charge on any atom is -0.463 e. The Labute approximate surface area is 131 Å². The van der Waals surface area contributed by atoms with Crippen LogP contribution in [-0.2, 0) is 14.3 Å². The van der Waals surface area contributed by atoms with E-state index >= 15 is 0 Å². The van der Waals surface area contributed by atoms with Crippen molar-refractivity contribution in [2.24, 2.45) is 0 Å². The van der Waals surface area contributed by atoms with Gasteiger partial charge in [0.2, 0.25) is 6.10 Å². The summed E-state index contributed by atoms with van der Waals surface area (Å²) in [6, 6.07) is 11.8. The molecule has 0 unspecified atom stereocenters. The van der Waals surface area contributed by atoms with Crippen LogP contribution in [-0.4, -0.2) is 24.6 Å². The van der Waals surface area contributed by atoms with Gasteiger partial charge in [-0.1, -0.05) is 0 Å². The Balaban J connectivity index is 1.63. The first kappa shape index (κ1) is 15.0. The van der Waals surface area contributed by atoms with Crippen LogP contribution in [0.5, 0.6) is 11.5 Å². The zero-order valence-electron chi connectivity index (χ0n) is 12.0. The first-order valence-corrected chi connectivity index (χ1v) is 7.03. The quantitative estimate of drug-likeness (QED) is 0.811. The zero-order chi connectivity index (χ0) is 16.2. The summed E-state index contributed by atoms with van der Waals surface area (Å²) in [4.78, 5) is 23.2. The SMILES string of the molecule is O=C(O[C@@H]1CCOC1=O)c1ccc(Oc2ccc(F)cc2)cc1. The van der Waals surface area contributed by atoms with Gasteiger partial charge in [-0.2, -0.15) is 0 Å². The van der Waals surface area contributed by atoms with Crippen molar-refractivity contribution in [2.45, 2.75) is 12.5 Å². The second kappa shape index (κ2) is 6.48. The van der Waals surface area contributed by atoms with E-state index in [2.05, 4.69) is 0 Å². The number of esters is 2. The highest BCUT2D eigenvalue weighted by atomic mass is 19.1. The molecule has 3 rings (SSSR count). The smallest absolute Gasteiger partial charge is 0.347 e. The number of rotatable bonds is 4. The van der Waals surface area contributed by atoms with E-state index in [1.165, 1.54) is 36.4 Å². The fourth-order valence-corrected chi connectivity index (χ4v) is 2.08. The van der Waals surface area contributed by atoms with Gasteiger partial charge < -0.3 is 14.2 Å². The van der Waals surface area contributed by atoms with Crippen LogP contribution in [0.1, 0.15) is 16.8 Å². The molecule has 0 amide bonds. The van der Waals surface area contributed by atoms with Gasteiger partial charge in [0.25, 0.3) is 0 Å². The van der Waals surface area contributed by atoms with Gasteiger partial charge in [0.15, 0.2) is 0 Å². The Kier molecular flexibility index (Phi) is 4.23. The highest BCUT2D eigenvalue weighted by Crippen LogP contribution is 2.22. The summed E-state index contributed by atoms with van der Waals surface area (Å²) in [5.74, 6) is -0.485. The monoisotopic (exact) mass is 316 g/mol. The molecule has 0 radical (unpaired) electrons. The fraction of sp³-hybridized carbons (Fsp3) is 0.176. The number of carbonyl (C=O) groups excluding carboxylic acids is 2. The summed E-state index contributed by atoms with van der Waals surface area (Å²) in [5, 5.41) is 0. The van der Waals surface area contributed by atoms with Crippen LogP contribution in [0, 0.1) is 5.82 Å². The average molecular weight is 316 g/mol. The normalized spacial score (nSPS) is 16.7. The van der Waals surface area contributed by atoms with E-state index in [0.29, 0.717) is 23.5 Å². The van der Waals surface area contributed by atoms with Crippen molar-refractivity contribution >= 4 is 11.9 Å². The minimum atomic E-state index is -0.836. The minimum absolute atomic E-state index is 0.265. The predicted octanol–water partition coefficient (Wildman–Crippen LogP) is 3.09. The number of benzene rings is 2. The Morgan fingerprint density at radius 1 is 1.04 bits per heavy atom. The molecule has 5 nitrogen and oxygen atoms in total. The van der Waals surface area contributed by atoms with Crippen LogP contribution >= 0.6 is 0 Å². The molecular formula is C17H13FO5. The summed E-state index contributed by atoms with van der Waals surface area (Å²) >= 11 is 0. The Morgan fingerprint density at radius 2 is 1.65 bits per heavy atom. The maximum absolute atomic E-state index is 12.8. The van der Waals surface area contributed by atoms with Crippen molar-refractivity contribution in [1.29, 1.82) is 0 Å². The van der Waals surface area contributed by atoms with Crippen LogP contribution in [0.4, 0.5) is 4.39 Å². The van der Waals surface area contributed by atoms with Crippen molar-refractivity contribution < 1.29 is 28.2 Å². The first-order valence-electron chi connectivity index (χ1n) is 7.03. The number of ether oxygens (including phenoxy) is 3. The summed E-state index contributed by atoms with van der Waals surface area (Å²) < 4.78 is 28.2. The van der Waals surface area contributed by atoms with E-state index in [9.17, 15) is 14.0 Å². The summed E-state index contributed by atoms with van der Waals surface area (Å²) in [7, 11) is 0. The van der Waals surface area contributed by atoms with E-state index in [1.54, 1.807) is 12.1 Å². The third-order valence-corrected chi connectivity index (χ3v) is 3.28. The highest BCUT2D eigenvalue weighted by Gasteiger charge is 2.30. The summed E-state index contributed by atoms with van der Waals surface area (Å²) in [5.41, 5.74) is 0.302. The van der Waals surface area contributed by atoms with Crippen LogP contribution in [0.25, 0.3) is 0 Å². The van der Waals surface area contributed by atoms with Crippen LogP contribution < -0.4 is 4.74 Å². The summed E-state index contributed by atoms with van der Waals surface area (Å²) in [6.45, 7) is 0.265. The second-order valence-electron chi connectivity index (χ2n) is 4.93. The average Bonchev–Trinajstić information content (AvgIpc) is 2.95. The predicted molar refractivity (Wildman–Crippen MR) is 77.7 cm³/mol. The zero-order valence-corrected chi connectivity index (χ0v) is 12.0. The Hall–Kier alpha value is -2.89. The summed E-state index contributed by atoms with van der Waals surface area (Å²) in [6.07, 6.45) is -0.464. The molecule has 1 heterocycles. The molecule has 0 aliphatic carbocycles. The number of hydrogen-bond donors (Lipinski definition) is 0. The van der Waals surface area contributed by atoms with Gasteiger partial charge in [-0.3, -0.25) is 0 Å². The topological polar surface area (TPSA) is 61.8 Å². The largest absolute Gasteiger partial charge is 0.463 e. The Bertz CT molecular complexity index is 709. The molecule has 2 aromatic rings. The van der Waals surface area contributed by atoms with Crippen LogP contribution in [0.15, 0.2) is 48.5 Å². The number of carbonyl (C=O) groups is 2. The molecular weight excluding hydrogens is 303 g/mol. The molecule has 1 aliphatic heterocycles. The van der Waals surface area contributed by atoms with E-state index < -0.39 is 18.0 Å². The molecule has 0 spiro atoms. The lowest BCUT2D eigenvalue weighted by atomic mass is 10.2. The molecule has 1 fully saturated rings. The Morgan fingerprint density at radius 3 is 2.22 bits per heavy atom. The standard InChI is InChI=1S/C17H13FO5/c18-12-3-7-14(8-4-12)22-13-5-1-11(2-6-13)16(19)23-15-9-10-21-17(15)20/h1-8,15H,9-10H2/t15-/m1/s1. The fourth-order valence-electron chi connectivity index (χ4n) is 2.08. The lowest BCUT2D eigenvalue weighted by molar-refractivity contribution is -0.145. The lowest BCUT2D eigenvalue weighted by Gasteiger charge is -2.09. The van der Waals surface area contributed by atoms with E-state index in [1.807, 2.05) is 0 Å². The molecule has 1 atom stereocenters. The maximum atomic E-state index is 12.8. The molecule has 0 N–H and O–H groups in total. The van der Waals surface area contributed by atoms with Crippen LogP contribution in [0.2, 0.25) is 0 Å². The second-order valence-corrected chi connectivity index (χ2v) is 4.93.